The molecule has 2 fully saturated rings. The van der Waals surface area contributed by atoms with Crippen LogP contribution in [0, 0.1) is 11.3 Å². The zero-order valence-electron chi connectivity index (χ0n) is 18.6. The fourth-order valence-electron chi connectivity index (χ4n) is 5.67. The third-order valence-electron chi connectivity index (χ3n) is 7.62. The highest BCUT2D eigenvalue weighted by Gasteiger charge is 2.52. The van der Waals surface area contributed by atoms with Crippen LogP contribution in [-0.2, 0) is 16.1 Å². The third kappa shape index (κ3) is 3.98. The van der Waals surface area contributed by atoms with Gasteiger partial charge in [-0.15, -0.1) is 0 Å². The molecule has 1 spiro atoms. The number of para-hydroxylation sites is 1. The van der Waals surface area contributed by atoms with Crippen molar-refractivity contribution in [3.8, 4) is 5.75 Å². The van der Waals surface area contributed by atoms with E-state index in [1.165, 1.54) is 5.56 Å². The van der Waals surface area contributed by atoms with Gasteiger partial charge in [-0.1, -0.05) is 18.2 Å². The molecule has 6 heteroatoms. The van der Waals surface area contributed by atoms with Crippen LogP contribution in [-0.4, -0.2) is 45.7 Å². The molecule has 0 aliphatic carbocycles. The predicted octanol–water partition coefficient (Wildman–Crippen LogP) is 4.22. The van der Waals surface area contributed by atoms with E-state index in [1.807, 2.05) is 16.8 Å². The van der Waals surface area contributed by atoms with Gasteiger partial charge in [0.05, 0.1) is 19.0 Å². The van der Waals surface area contributed by atoms with Crippen molar-refractivity contribution in [2.75, 3.05) is 19.7 Å². The fourth-order valence-corrected chi connectivity index (χ4v) is 5.67. The van der Waals surface area contributed by atoms with Crippen molar-refractivity contribution in [1.82, 2.24) is 14.5 Å². The summed E-state index contributed by atoms with van der Waals surface area (Å²) >= 11 is 0. The molecule has 6 nitrogen and oxygen atoms in total. The molecule has 0 saturated carbocycles. The van der Waals surface area contributed by atoms with Gasteiger partial charge in [0.15, 0.2) is 0 Å². The Balaban J connectivity index is 1.19. The summed E-state index contributed by atoms with van der Waals surface area (Å²) in [5.74, 6) is 1.56. The molecule has 3 aliphatic heterocycles. The lowest BCUT2D eigenvalue weighted by Gasteiger charge is -2.54. The Morgan fingerprint density at radius 2 is 2.03 bits per heavy atom. The summed E-state index contributed by atoms with van der Waals surface area (Å²) in [6.07, 6.45) is 10.2. The average Bonchev–Trinajstić information content (AvgIpc) is 3.28. The standard InChI is InChI=1S/C25H33N3O3/c1-24(2)20-16-25(17-30-23(20)19-6-3-4-7-21(19)31-24)9-13-28(14-10-25)22(29)8-5-12-27-15-11-26-18-27/h3-4,6-7,11,15,18,20,23H,5,8-10,12-14,16-17H2,1-2H3/t20-,23+/m0/s1. The molecule has 0 N–H and O–H groups in total. The normalized spacial score (nSPS) is 26.1. The molecule has 0 unspecified atom stereocenters. The third-order valence-corrected chi connectivity index (χ3v) is 7.62. The maximum absolute atomic E-state index is 12.7. The van der Waals surface area contributed by atoms with Crippen molar-refractivity contribution in [2.24, 2.45) is 11.3 Å². The maximum atomic E-state index is 12.7. The lowest BCUT2D eigenvalue weighted by molar-refractivity contribution is -0.176. The first-order chi connectivity index (χ1) is 15.0. The van der Waals surface area contributed by atoms with Crippen LogP contribution < -0.4 is 4.74 Å². The van der Waals surface area contributed by atoms with Gasteiger partial charge in [0, 0.05) is 49.9 Å². The molecule has 0 bridgehead atoms. The van der Waals surface area contributed by atoms with Crippen molar-refractivity contribution in [3.63, 3.8) is 0 Å². The maximum Gasteiger partial charge on any atom is 0.222 e. The Morgan fingerprint density at radius 1 is 1.23 bits per heavy atom. The highest BCUT2D eigenvalue weighted by Crippen LogP contribution is 2.55. The second-order valence-corrected chi connectivity index (χ2v) is 10.1. The Labute approximate surface area is 184 Å². The lowest BCUT2D eigenvalue weighted by atomic mass is 9.64. The molecule has 5 rings (SSSR count). The van der Waals surface area contributed by atoms with Gasteiger partial charge in [0.25, 0.3) is 0 Å². The molecule has 2 atom stereocenters. The monoisotopic (exact) mass is 423 g/mol. The van der Waals surface area contributed by atoms with Gasteiger partial charge in [-0.3, -0.25) is 4.79 Å². The lowest BCUT2D eigenvalue weighted by Crippen LogP contribution is -2.54. The molecular weight excluding hydrogens is 390 g/mol. The number of amides is 1. The summed E-state index contributed by atoms with van der Waals surface area (Å²) in [6, 6.07) is 8.30. The van der Waals surface area contributed by atoms with Gasteiger partial charge in [-0.25, -0.2) is 4.98 Å². The SMILES string of the molecule is CC1(C)Oc2ccccc2[C@H]2OCC3(CCN(C(=O)CCCn4ccnc4)CC3)C[C@@H]21. The van der Waals surface area contributed by atoms with Crippen LogP contribution in [0.4, 0.5) is 0 Å². The van der Waals surface area contributed by atoms with Crippen LogP contribution in [0.1, 0.15) is 57.6 Å². The number of carbonyl (C=O) groups is 1. The summed E-state index contributed by atoms with van der Waals surface area (Å²) in [7, 11) is 0. The molecule has 1 amide bonds. The molecule has 31 heavy (non-hydrogen) atoms. The van der Waals surface area contributed by atoms with E-state index in [4.69, 9.17) is 9.47 Å². The van der Waals surface area contributed by atoms with Gasteiger partial charge in [0.2, 0.25) is 5.91 Å². The van der Waals surface area contributed by atoms with E-state index in [1.54, 1.807) is 12.5 Å². The van der Waals surface area contributed by atoms with Crippen molar-refractivity contribution >= 4 is 5.91 Å². The van der Waals surface area contributed by atoms with Crippen LogP contribution in [0.3, 0.4) is 0 Å². The zero-order chi connectivity index (χ0) is 21.5. The highest BCUT2D eigenvalue weighted by molar-refractivity contribution is 5.76. The van der Waals surface area contributed by atoms with Gasteiger partial charge in [-0.05, 0) is 51.0 Å². The van der Waals surface area contributed by atoms with Crippen LogP contribution >= 0.6 is 0 Å². The van der Waals surface area contributed by atoms with Crippen molar-refractivity contribution in [2.45, 2.75) is 64.2 Å². The van der Waals surface area contributed by atoms with E-state index in [2.05, 4.69) is 41.9 Å². The van der Waals surface area contributed by atoms with E-state index in [0.717, 1.165) is 57.7 Å². The van der Waals surface area contributed by atoms with E-state index in [-0.39, 0.29) is 23.0 Å². The molecule has 1 aromatic heterocycles. The highest BCUT2D eigenvalue weighted by atomic mass is 16.5. The Bertz CT molecular complexity index is 916. The largest absolute Gasteiger partial charge is 0.487 e. The second-order valence-electron chi connectivity index (χ2n) is 10.1. The van der Waals surface area contributed by atoms with E-state index >= 15 is 0 Å². The molecule has 2 aromatic rings. The zero-order valence-corrected chi connectivity index (χ0v) is 18.6. The van der Waals surface area contributed by atoms with Gasteiger partial charge >= 0.3 is 0 Å². The average molecular weight is 424 g/mol. The van der Waals surface area contributed by atoms with E-state index in [9.17, 15) is 4.79 Å². The minimum absolute atomic E-state index is 0.105. The number of imidazole rings is 1. The Morgan fingerprint density at radius 3 is 2.81 bits per heavy atom. The van der Waals surface area contributed by atoms with Gasteiger partial charge in [-0.2, -0.15) is 0 Å². The summed E-state index contributed by atoms with van der Waals surface area (Å²) in [5, 5.41) is 0. The number of ether oxygens (including phenoxy) is 2. The van der Waals surface area contributed by atoms with E-state index < -0.39 is 0 Å². The van der Waals surface area contributed by atoms with Crippen molar-refractivity contribution < 1.29 is 14.3 Å². The summed E-state index contributed by atoms with van der Waals surface area (Å²) in [5.41, 5.74) is 1.08. The first kappa shape index (κ1) is 20.6. The van der Waals surface area contributed by atoms with Gasteiger partial charge < -0.3 is 18.9 Å². The van der Waals surface area contributed by atoms with Crippen LogP contribution in [0.15, 0.2) is 43.0 Å². The van der Waals surface area contributed by atoms with Crippen LogP contribution in [0.5, 0.6) is 5.75 Å². The number of rotatable bonds is 4. The number of fused-ring (bicyclic) bond motifs is 3. The molecule has 1 aromatic carbocycles. The Kier molecular flexibility index (Phi) is 5.29. The smallest absolute Gasteiger partial charge is 0.222 e. The van der Waals surface area contributed by atoms with Crippen LogP contribution in [0.25, 0.3) is 0 Å². The minimum atomic E-state index is -0.257. The van der Waals surface area contributed by atoms with Crippen LogP contribution in [0.2, 0.25) is 0 Å². The summed E-state index contributed by atoms with van der Waals surface area (Å²) < 4.78 is 15.0. The number of aromatic nitrogens is 2. The molecule has 4 heterocycles. The molecule has 0 radical (unpaired) electrons. The number of aryl methyl sites for hydroxylation is 1. The molecular formula is C25H33N3O3. The number of piperidine rings is 1. The second kappa shape index (κ2) is 7.97. The summed E-state index contributed by atoms with van der Waals surface area (Å²) in [6.45, 7) is 7.69. The number of carbonyl (C=O) groups excluding carboxylic acids is 1. The molecule has 3 aliphatic rings. The Hall–Kier alpha value is -2.34. The number of hydrogen-bond donors (Lipinski definition) is 0. The number of benzene rings is 1. The first-order valence-corrected chi connectivity index (χ1v) is 11.6. The number of likely N-dealkylation sites (tertiary alicyclic amines) is 1. The first-order valence-electron chi connectivity index (χ1n) is 11.6. The minimum Gasteiger partial charge on any atom is -0.487 e. The fraction of sp³-hybridized carbons (Fsp3) is 0.600. The quantitative estimate of drug-likeness (QED) is 0.739. The molecule has 166 valence electrons. The molecule has 2 saturated heterocycles. The van der Waals surface area contributed by atoms with Gasteiger partial charge in [0.1, 0.15) is 11.4 Å². The predicted molar refractivity (Wildman–Crippen MR) is 118 cm³/mol. The summed E-state index contributed by atoms with van der Waals surface area (Å²) in [4.78, 5) is 18.8. The van der Waals surface area contributed by atoms with Crippen molar-refractivity contribution in [3.05, 3.63) is 48.5 Å². The number of nitrogens with zero attached hydrogens (tertiary/aromatic N) is 3. The number of hydrogen-bond acceptors (Lipinski definition) is 4. The topological polar surface area (TPSA) is 56.6 Å². The van der Waals surface area contributed by atoms with Crippen molar-refractivity contribution in [1.29, 1.82) is 0 Å². The van der Waals surface area contributed by atoms with E-state index in [0.29, 0.717) is 12.3 Å².